The molecule has 1 aliphatic heterocycles. The molecule has 0 aliphatic carbocycles. The van der Waals surface area contributed by atoms with Crippen molar-refractivity contribution in [3.63, 3.8) is 0 Å². The molecule has 0 unspecified atom stereocenters. The summed E-state index contributed by atoms with van der Waals surface area (Å²) in [6, 6.07) is 15.1. The molecular formula is C17H16FN5. The predicted molar refractivity (Wildman–Crippen MR) is 84.5 cm³/mol. The number of hydrogen-bond acceptors (Lipinski definition) is 4. The van der Waals surface area contributed by atoms with Crippen LogP contribution in [0.3, 0.4) is 0 Å². The van der Waals surface area contributed by atoms with Crippen LogP contribution in [0.1, 0.15) is 35.2 Å². The van der Waals surface area contributed by atoms with Crippen molar-refractivity contribution in [1.29, 1.82) is 0 Å². The molecule has 2 aromatic carbocycles. The summed E-state index contributed by atoms with van der Waals surface area (Å²) in [7, 11) is 0. The van der Waals surface area contributed by atoms with Gasteiger partial charge in [0, 0.05) is 0 Å². The van der Waals surface area contributed by atoms with Gasteiger partial charge in [0.1, 0.15) is 5.82 Å². The smallest absolute Gasteiger partial charge is 0.243 e. The number of anilines is 1. The Kier molecular flexibility index (Phi) is 3.29. The third kappa shape index (κ3) is 2.56. The van der Waals surface area contributed by atoms with Crippen LogP contribution in [-0.4, -0.2) is 20.2 Å². The molecule has 1 aliphatic rings. The van der Waals surface area contributed by atoms with Gasteiger partial charge in [-0.1, -0.05) is 47.1 Å². The van der Waals surface area contributed by atoms with Crippen molar-refractivity contribution < 1.29 is 4.39 Å². The first-order valence-electron chi connectivity index (χ1n) is 7.57. The van der Waals surface area contributed by atoms with E-state index in [4.69, 9.17) is 0 Å². The highest BCUT2D eigenvalue weighted by atomic mass is 19.1. The highest BCUT2D eigenvalue weighted by Gasteiger charge is 2.30. The van der Waals surface area contributed by atoms with Crippen molar-refractivity contribution in [3.05, 3.63) is 71.0 Å². The fourth-order valence-electron chi connectivity index (χ4n) is 3.02. The van der Waals surface area contributed by atoms with Crippen LogP contribution in [0.15, 0.2) is 48.5 Å². The Morgan fingerprint density at radius 1 is 1.04 bits per heavy atom. The molecule has 0 saturated carbocycles. The Morgan fingerprint density at radius 3 is 2.48 bits per heavy atom. The van der Waals surface area contributed by atoms with E-state index in [2.05, 4.69) is 52.0 Å². The number of nitrogens with zero attached hydrogens (tertiary/aromatic N) is 4. The van der Waals surface area contributed by atoms with Gasteiger partial charge in [0.2, 0.25) is 5.95 Å². The molecule has 2 heterocycles. The predicted octanol–water partition coefficient (Wildman–Crippen LogP) is 3.27. The van der Waals surface area contributed by atoms with Gasteiger partial charge in [-0.2, -0.15) is 0 Å². The normalized spacial score (nSPS) is 19.9. The zero-order valence-electron chi connectivity index (χ0n) is 12.6. The molecule has 1 aromatic heterocycles. The quantitative estimate of drug-likeness (QED) is 0.789. The Bertz CT molecular complexity index is 810. The van der Waals surface area contributed by atoms with Crippen molar-refractivity contribution in [1.82, 2.24) is 20.2 Å². The maximum Gasteiger partial charge on any atom is 0.243 e. The van der Waals surface area contributed by atoms with Crippen LogP contribution < -0.4 is 5.32 Å². The first-order chi connectivity index (χ1) is 11.2. The van der Waals surface area contributed by atoms with E-state index in [-0.39, 0.29) is 17.9 Å². The zero-order chi connectivity index (χ0) is 15.8. The minimum atomic E-state index is -0.241. The lowest BCUT2D eigenvalue weighted by Crippen LogP contribution is -2.28. The summed E-state index contributed by atoms with van der Waals surface area (Å²) in [5.41, 5.74) is 3.42. The number of hydrogen-bond donors (Lipinski definition) is 1. The van der Waals surface area contributed by atoms with E-state index in [0.717, 1.165) is 12.0 Å². The first kappa shape index (κ1) is 13.9. The summed E-state index contributed by atoms with van der Waals surface area (Å²) in [6.07, 6.45) is 0.798. The number of fused-ring (bicyclic) bond motifs is 1. The number of aromatic nitrogens is 4. The molecule has 4 rings (SSSR count). The molecule has 116 valence electrons. The van der Waals surface area contributed by atoms with Crippen molar-refractivity contribution in [2.75, 3.05) is 5.32 Å². The summed E-state index contributed by atoms with van der Waals surface area (Å²) in [6.45, 7) is 2.07. The van der Waals surface area contributed by atoms with Crippen molar-refractivity contribution in [2.24, 2.45) is 0 Å². The van der Waals surface area contributed by atoms with Gasteiger partial charge in [0.05, 0.1) is 12.1 Å². The molecule has 5 nitrogen and oxygen atoms in total. The Morgan fingerprint density at radius 2 is 1.74 bits per heavy atom. The summed E-state index contributed by atoms with van der Waals surface area (Å²) in [5, 5.41) is 15.3. The van der Waals surface area contributed by atoms with Gasteiger partial charge in [0.25, 0.3) is 0 Å². The molecule has 6 heteroatoms. The lowest BCUT2D eigenvalue weighted by atomic mass is 9.93. The van der Waals surface area contributed by atoms with E-state index in [9.17, 15) is 4.39 Å². The van der Waals surface area contributed by atoms with Gasteiger partial charge < -0.3 is 5.32 Å². The first-order valence-corrected chi connectivity index (χ1v) is 7.57. The van der Waals surface area contributed by atoms with E-state index in [1.165, 1.54) is 23.3 Å². The van der Waals surface area contributed by atoms with Crippen LogP contribution in [0.5, 0.6) is 0 Å². The Hall–Kier alpha value is -2.76. The van der Waals surface area contributed by atoms with Gasteiger partial charge in [-0.3, -0.25) is 0 Å². The van der Waals surface area contributed by atoms with Crippen molar-refractivity contribution >= 4 is 5.95 Å². The number of benzene rings is 2. The molecule has 0 spiro atoms. The van der Waals surface area contributed by atoms with E-state index >= 15 is 0 Å². The average Bonchev–Trinajstić information content (AvgIpc) is 3.04. The van der Waals surface area contributed by atoms with Gasteiger partial charge in [-0.25, -0.2) is 9.07 Å². The number of rotatable bonds is 2. The monoisotopic (exact) mass is 309 g/mol. The lowest BCUT2D eigenvalue weighted by molar-refractivity contribution is 0.423. The maximum atomic E-state index is 13.2. The third-order valence-electron chi connectivity index (χ3n) is 4.28. The van der Waals surface area contributed by atoms with Gasteiger partial charge in [-0.15, -0.1) is 0 Å². The van der Waals surface area contributed by atoms with Crippen LogP contribution >= 0.6 is 0 Å². The maximum absolute atomic E-state index is 13.2. The molecule has 0 bridgehead atoms. The van der Waals surface area contributed by atoms with Crippen LogP contribution in [-0.2, 0) is 0 Å². The molecule has 0 saturated heterocycles. The van der Waals surface area contributed by atoms with Crippen LogP contribution in [0.25, 0.3) is 0 Å². The molecule has 0 radical (unpaired) electrons. The molecule has 23 heavy (non-hydrogen) atoms. The van der Waals surface area contributed by atoms with Crippen molar-refractivity contribution in [3.8, 4) is 0 Å². The summed E-state index contributed by atoms with van der Waals surface area (Å²) in [4.78, 5) is 0. The van der Waals surface area contributed by atoms with Crippen LogP contribution in [0.4, 0.5) is 10.3 Å². The summed E-state index contributed by atoms with van der Waals surface area (Å²) in [5.74, 6) is 0.394. The Labute approximate surface area is 133 Å². The van der Waals surface area contributed by atoms with Gasteiger partial charge >= 0.3 is 0 Å². The molecule has 3 aromatic rings. The average molecular weight is 309 g/mol. The number of nitrogens with one attached hydrogen (secondary N) is 1. The largest absolute Gasteiger partial charge is 0.346 e. The minimum absolute atomic E-state index is 0.0202. The number of halogens is 1. The third-order valence-corrected chi connectivity index (χ3v) is 4.28. The topological polar surface area (TPSA) is 55.6 Å². The highest BCUT2D eigenvalue weighted by Crippen LogP contribution is 2.36. The van der Waals surface area contributed by atoms with E-state index in [1.807, 2.05) is 0 Å². The Balaban J connectivity index is 1.71. The fraction of sp³-hybridized carbons (Fsp3) is 0.235. The zero-order valence-corrected chi connectivity index (χ0v) is 12.6. The van der Waals surface area contributed by atoms with E-state index in [1.54, 1.807) is 16.8 Å². The second kappa shape index (κ2) is 5.46. The molecule has 1 N–H and O–H groups in total. The summed E-state index contributed by atoms with van der Waals surface area (Å²) < 4.78 is 15.0. The number of tetrazole rings is 1. The van der Waals surface area contributed by atoms with Crippen LogP contribution in [0.2, 0.25) is 0 Å². The van der Waals surface area contributed by atoms with E-state index < -0.39 is 0 Å². The lowest BCUT2D eigenvalue weighted by Gasteiger charge is -2.31. The van der Waals surface area contributed by atoms with Crippen LogP contribution in [0, 0.1) is 12.7 Å². The fourth-order valence-corrected chi connectivity index (χ4v) is 3.02. The second-order valence-electron chi connectivity index (χ2n) is 5.86. The molecule has 0 amide bonds. The van der Waals surface area contributed by atoms with E-state index in [0.29, 0.717) is 5.95 Å². The molecule has 0 fully saturated rings. The summed E-state index contributed by atoms with van der Waals surface area (Å²) >= 11 is 0. The van der Waals surface area contributed by atoms with Gasteiger partial charge in [0.15, 0.2) is 0 Å². The molecule has 2 atom stereocenters. The SMILES string of the molecule is Cc1ccc([C@H]2C[C@H](c3ccc(F)cc3)n3nnnc3N2)cc1. The number of aryl methyl sites for hydroxylation is 1. The highest BCUT2D eigenvalue weighted by molar-refractivity contribution is 5.38. The second-order valence-corrected chi connectivity index (χ2v) is 5.86. The standard InChI is InChI=1S/C17H16FN5/c1-11-2-4-12(5-3-11)15-10-16(13-6-8-14(18)9-7-13)23-17(19-15)20-21-22-23/h2-9,15-16H,10H2,1H3,(H,19,20,22)/t15-,16-/m1/s1. The van der Waals surface area contributed by atoms with Crippen molar-refractivity contribution in [2.45, 2.75) is 25.4 Å². The van der Waals surface area contributed by atoms with Gasteiger partial charge in [-0.05, 0) is 47.0 Å². The molecular weight excluding hydrogens is 293 g/mol. The minimum Gasteiger partial charge on any atom is -0.346 e.